The van der Waals surface area contributed by atoms with E-state index in [-0.39, 0.29) is 25.6 Å². The van der Waals surface area contributed by atoms with Gasteiger partial charge in [0.25, 0.3) is 0 Å². The second-order valence-electron chi connectivity index (χ2n) is 4.68. The van der Waals surface area contributed by atoms with Crippen molar-refractivity contribution >= 4 is 22.7 Å². The van der Waals surface area contributed by atoms with Gasteiger partial charge < -0.3 is 19.6 Å². The van der Waals surface area contributed by atoms with Gasteiger partial charge in [-0.25, -0.2) is 10.8 Å². The lowest BCUT2D eigenvalue weighted by Crippen LogP contribution is -2.13. The highest BCUT2D eigenvalue weighted by molar-refractivity contribution is 5.85. The monoisotopic (exact) mass is 319 g/mol. The molecule has 0 bridgehead atoms. The first-order chi connectivity index (χ1) is 11.2. The molecule has 0 spiro atoms. The Morgan fingerprint density at radius 2 is 2.09 bits per heavy atom. The summed E-state index contributed by atoms with van der Waals surface area (Å²) in [5.41, 5.74) is 3.19. The summed E-state index contributed by atoms with van der Waals surface area (Å²) in [6, 6.07) is 9.27. The van der Waals surface area contributed by atoms with Crippen molar-refractivity contribution in [2.24, 2.45) is 5.84 Å². The molecule has 0 aliphatic carbocycles. The molecule has 0 aliphatic heterocycles. The van der Waals surface area contributed by atoms with Crippen molar-refractivity contribution in [2.75, 3.05) is 31.9 Å². The van der Waals surface area contributed by atoms with Crippen LogP contribution in [0.3, 0.4) is 0 Å². The smallest absolute Gasteiger partial charge is 0.309 e. The molecular formula is C16H21N3O4. The second kappa shape index (κ2) is 8.92. The predicted molar refractivity (Wildman–Crippen MR) is 87.1 cm³/mol. The maximum Gasteiger partial charge on any atom is 0.309 e. The number of hydrogen-bond donors (Lipinski definition) is 2. The zero-order chi connectivity index (χ0) is 16.5. The average Bonchev–Trinajstić information content (AvgIpc) is 2.58. The summed E-state index contributed by atoms with van der Waals surface area (Å²) in [5, 5.41) is 0.931. The number of nitrogens with one attached hydrogen (secondary N) is 1. The molecule has 23 heavy (non-hydrogen) atoms. The van der Waals surface area contributed by atoms with E-state index in [0.717, 1.165) is 5.39 Å². The topological polar surface area (TPSA) is 95.7 Å². The van der Waals surface area contributed by atoms with Gasteiger partial charge in [-0.2, -0.15) is 0 Å². The first-order valence-electron chi connectivity index (χ1n) is 7.47. The van der Waals surface area contributed by atoms with Crippen LogP contribution in [-0.2, 0) is 14.3 Å². The van der Waals surface area contributed by atoms with Crippen molar-refractivity contribution in [1.82, 2.24) is 4.98 Å². The van der Waals surface area contributed by atoms with Gasteiger partial charge in [0.15, 0.2) is 0 Å². The maximum atomic E-state index is 11.6. The quantitative estimate of drug-likeness (QED) is 0.315. The Morgan fingerprint density at radius 1 is 1.22 bits per heavy atom. The number of nitrogen functional groups attached to an aromatic ring is 1. The number of hydrazine groups is 1. The summed E-state index contributed by atoms with van der Waals surface area (Å²) in [4.78, 5) is 15.9. The van der Waals surface area contributed by atoms with Gasteiger partial charge in [-0.05, 0) is 25.1 Å². The van der Waals surface area contributed by atoms with Gasteiger partial charge in [-0.3, -0.25) is 4.79 Å². The number of esters is 1. The normalized spacial score (nSPS) is 10.5. The number of ether oxygens (including phenoxy) is 3. The molecule has 1 heterocycles. The summed E-state index contributed by atoms with van der Waals surface area (Å²) in [5.74, 6) is 6.20. The SMILES string of the molecule is CCOCCOC(=O)CCOc1cccc2ccc(NN)nc12. The van der Waals surface area contributed by atoms with Crippen molar-refractivity contribution in [3.8, 4) is 5.75 Å². The number of nitrogens with zero attached hydrogens (tertiary/aromatic N) is 1. The molecule has 2 aromatic rings. The Balaban J connectivity index is 1.88. The second-order valence-corrected chi connectivity index (χ2v) is 4.68. The van der Waals surface area contributed by atoms with Crippen molar-refractivity contribution in [3.05, 3.63) is 30.3 Å². The molecule has 0 saturated heterocycles. The minimum Gasteiger partial charge on any atom is -0.491 e. The molecule has 0 unspecified atom stereocenters. The van der Waals surface area contributed by atoms with E-state index in [1.807, 2.05) is 25.1 Å². The van der Waals surface area contributed by atoms with Gasteiger partial charge in [-0.15, -0.1) is 0 Å². The summed E-state index contributed by atoms with van der Waals surface area (Å²) in [6.45, 7) is 3.38. The number of hydrogen-bond acceptors (Lipinski definition) is 7. The Bertz CT molecular complexity index is 648. The molecule has 0 fully saturated rings. The number of para-hydroxylation sites is 1. The average molecular weight is 319 g/mol. The van der Waals surface area contributed by atoms with Gasteiger partial charge in [-0.1, -0.05) is 12.1 Å². The predicted octanol–water partition coefficient (Wildman–Crippen LogP) is 1.87. The third kappa shape index (κ3) is 5.08. The summed E-state index contributed by atoms with van der Waals surface area (Å²) < 4.78 is 15.8. The summed E-state index contributed by atoms with van der Waals surface area (Å²) >= 11 is 0. The van der Waals surface area contributed by atoms with Gasteiger partial charge in [0.05, 0.1) is 19.6 Å². The molecule has 7 heteroatoms. The first-order valence-corrected chi connectivity index (χ1v) is 7.47. The van der Waals surface area contributed by atoms with Crippen LogP contribution in [0.5, 0.6) is 5.75 Å². The fourth-order valence-electron chi connectivity index (χ4n) is 1.99. The van der Waals surface area contributed by atoms with E-state index in [1.165, 1.54) is 0 Å². The number of aromatic nitrogens is 1. The molecule has 0 radical (unpaired) electrons. The number of carbonyl (C=O) groups is 1. The highest BCUT2D eigenvalue weighted by Gasteiger charge is 2.07. The van der Waals surface area contributed by atoms with Crippen molar-refractivity contribution in [2.45, 2.75) is 13.3 Å². The van der Waals surface area contributed by atoms with Crippen LogP contribution in [0.4, 0.5) is 5.82 Å². The van der Waals surface area contributed by atoms with Crippen LogP contribution in [0.1, 0.15) is 13.3 Å². The molecule has 1 aromatic carbocycles. The van der Waals surface area contributed by atoms with E-state index >= 15 is 0 Å². The van der Waals surface area contributed by atoms with E-state index in [9.17, 15) is 4.79 Å². The third-order valence-electron chi connectivity index (χ3n) is 3.09. The zero-order valence-corrected chi connectivity index (χ0v) is 13.1. The van der Waals surface area contributed by atoms with E-state index < -0.39 is 0 Å². The Kier molecular flexibility index (Phi) is 6.58. The Labute approximate surface area is 134 Å². The standard InChI is InChI=1S/C16H21N3O4/c1-2-21-10-11-23-15(20)8-9-22-13-5-3-4-12-6-7-14(19-17)18-16(12)13/h3-7H,2,8-11,17H2,1H3,(H,18,19). The van der Waals surface area contributed by atoms with Gasteiger partial charge >= 0.3 is 5.97 Å². The Morgan fingerprint density at radius 3 is 2.87 bits per heavy atom. The number of rotatable bonds is 9. The summed E-state index contributed by atoms with van der Waals surface area (Å²) in [6.07, 6.45) is 0.164. The largest absolute Gasteiger partial charge is 0.491 e. The number of nitrogens with two attached hydrogens (primary N) is 1. The molecule has 0 saturated carbocycles. The van der Waals surface area contributed by atoms with E-state index in [1.54, 1.807) is 12.1 Å². The summed E-state index contributed by atoms with van der Waals surface area (Å²) in [7, 11) is 0. The fraction of sp³-hybridized carbons (Fsp3) is 0.375. The number of carbonyl (C=O) groups excluding carboxylic acids is 1. The molecule has 3 N–H and O–H groups in total. The van der Waals surface area contributed by atoms with Crippen LogP contribution >= 0.6 is 0 Å². The minimum absolute atomic E-state index is 0.164. The van der Waals surface area contributed by atoms with Crippen LogP contribution < -0.4 is 16.0 Å². The fourth-order valence-corrected chi connectivity index (χ4v) is 1.99. The molecule has 1 aromatic heterocycles. The van der Waals surface area contributed by atoms with Crippen LogP contribution in [-0.4, -0.2) is 37.4 Å². The molecule has 0 atom stereocenters. The molecule has 2 rings (SSSR count). The minimum atomic E-state index is -0.317. The highest BCUT2D eigenvalue weighted by atomic mass is 16.6. The number of benzene rings is 1. The molecule has 124 valence electrons. The number of anilines is 1. The van der Waals surface area contributed by atoms with Gasteiger partial charge in [0.2, 0.25) is 0 Å². The van der Waals surface area contributed by atoms with E-state index in [2.05, 4.69) is 10.4 Å². The Hall–Kier alpha value is -2.38. The van der Waals surface area contributed by atoms with Crippen molar-refractivity contribution < 1.29 is 19.0 Å². The zero-order valence-electron chi connectivity index (χ0n) is 13.1. The third-order valence-corrected chi connectivity index (χ3v) is 3.09. The number of pyridine rings is 1. The molecular weight excluding hydrogens is 298 g/mol. The van der Waals surface area contributed by atoms with Crippen molar-refractivity contribution in [3.63, 3.8) is 0 Å². The number of fused-ring (bicyclic) bond motifs is 1. The molecule has 7 nitrogen and oxygen atoms in total. The van der Waals surface area contributed by atoms with Crippen molar-refractivity contribution in [1.29, 1.82) is 0 Å². The van der Waals surface area contributed by atoms with E-state index in [4.69, 9.17) is 20.1 Å². The van der Waals surface area contributed by atoms with Crippen LogP contribution in [0.25, 0.3) is 10.9 Å². The lowest BCUT2D eigenvalue weighted by atomic mass is 10.2. The van der Waals surface area contributed by atoms with Crippen LogP contribution in [0.2, 0.25) is 0 Å². The lowest BCUT2D eigenvalue weighted by molar-refractivity contribution is -0.145. The van der Waals surface area contributed by atoms with Gasteiger partial charge in [0, 0.05) is 12.0 Å². The first kappa shape index (κ1) is 17.0. The van der Waals surface area contributed by atoms with Gasteiger partial charge in [0.1, 0.15) is 23.7 Å². The lowest BCUT2D eigenvalue weighted by Gasteiger charge is -2.10. The molecule has 0 aliphatic rings. The highest BCUT2D eigenvalue weighted by Crippen LogP contribution is 2.25. The van der Waals surface area contributed by atoms with Crippen LogP contribution in [0, 0.1) is 0 Å². The maximum absolute atomic E-state index is 11.6. The molecule has 0 amide bonds. The van der Waals surface area contributed by atoms with Crippen LogP contribution in [0.15, 0.2) is 30.3 Å². The van der Waals surface area contributed by atoms with E-state index in [0.29, 0.717) is 30.3 Å².